The molecule has 1 N–H and O–H groups in total. The normalized spacial score (nSPS) is 17.8. The Balaban J connectivity index is 1.64. The van der Waals surface area contributed by atoms with Gasteiger partial charge in [0, 0.05) is 57.3 Å². The molecule has 1 aliphatic heterocycles. The topological polar surface area (TPSA) is 59.4 Å². The summed E-state index contributed by atoms with van der Waals surface area (Å²) in [5, 5.41) is 2.79. The van der Waals surface area contributed by atoms with Gasteiger partial charge in [-0.25, -0.2) is 4.98 Å². The van der Waals surface area contributed by atoms with E-state index < -0.39 is 0 Å². The Labute approximate surface area is 148 Å². The van der Waals surface area contributed by atoms with E-state index in [1.54, 1.807) is 7.11 Å². The van der Waals surface area contributed by atoms with Crippen LogP contribution in [0.4, 0.5) is 5.69 Å². The molecular formula is C19H26N4O2. The van der Waals surface area contributed by atoms with Crippen LogP contribution in [-0.2, 0) is 16.1 Å². The van der Waals surface area contributed by atoms with Crippen LogP contribution >= 0.6 is 0 Å². The molecule has 3 rings (SSSR count). The molecule has 0 unspecified atom stereocenters. The standard InChI is InChI=1S/C19H26N4O2/c1-15(24)21-18-5-3-17(4-6-18)19-20-8-10-23(19)14-16-7-9-22(13-16)11-12-25-2/h3-6,8,10,16H,7,9,11-14H2,1-2H3,(H,21,24)/t16-/m1/s1. The zero-order valence-corrected chi connectivity index (χ0v) is 14.9. The zero-order valence-electron chi connectivity index (χ0n) is 14.9. The van der Waals surface area contributed by atoms with Gasteiger partial charge in [0.15, 0.2) is 0 Å². The lowest BCUT2D eigenvalue weighted by Crippen LogP contribution is -2.25. The number of carbonyl (C=O) groups excluding carboxylic acids is 1. The molecule has 1 aromatic heterocycles. The number of amides is 1. The minimum absolute atomic E-state index is 0.0616. The maximum absolute atomic E-state index is 11.1. The molecule has 1 aromatic carbocycles. The highest BCUT2D eigenvalue weighted by molar-refractivity contribution is 5.88. The lowest BCUT2D eigenvalue weighted by Gasteiger charge is -2.16. The number of likely N-dealkylation sites (tertiary alicyclic amines) is 1. The molecule has 134 valence electrons. The number of imidazole rings is 1. The second-order valence-electron chi connectivity index (χ2n) is 6.61. The summed E-state index contributed by atoms with van der Waals surface area (Å²) in [6.45, 7) is 6.55. The summed E-state index contributed by atoms with van der Waals surface area (Å²) in [7, 11) is 1.75. The van der Waals surface area contributed by atoms with Gasteiger partial charge in [0.2, 0.25) is 5.91 Å². The Morgan fingerprint density at radius 2 is 2.16 bits per heavy atom. The third-order valence-corrected chi connectivity index (χ3v) is 4.62. The van der Waals surface area contributed by atoms with Crippen molar-refractivity contribution in [1.82, 2.24) is 14.5 Å². The lowest BCUT2D eigenvalue weighted by molar-refractivity contribution is -0.114. The van der Waals surface area contributed by atoms with Crippen LogP contribution in [0.5, 0.6) is 0 Å². The highest BCUT2D eigenvalue weighted by Gasteiger charge is 2.23. The average molecular weight is 342 g/mol. The van der Waals surface area contributed by atoms with E-state index in [0.29, 0.717) is 5.92 Å². The van der Waals surface area contributed by atoms with Gasteiger partial charge in [-0.3, -0.25) is 4.79 Å². The summed E-state index contributed by atoms with van der Waals surface area (Å²) in [4.78, 5) is 18.1. The Hall–Kier alpha value is -2.18. The number of nitrogens with one attached hydrogen (secondary N) is 1. The van der Waals surface area contributed by atoms with Gasteiger partial charge >= 0.3 is 0 Å². The zero-order chi connectivity index (χ0) is 17.6. The number of hydrogen-bond donors (Lipinski definition) is 1. The molecule has 0 aliphatic carbocycles. The molecule has 0 bridgehead atoms. The number of anilines is 1. The Morgan fingerprint density at radius 3 is 2.88 bits per heavy atom. The number of aromatic nitrogens is 2. The van der Waals surface area contributed by atoms with Crippen LogP contribution in [0.1, 0.15) is 13.3 Å². The average Bonchev–Trinajstić information content (AvgIpc) is 3.23. The van der Waals surface area contributed by atoms with E-state index >= 15 is 0 Å². The number of methoxy groups -OCH3 is 1. The van der Waals surface area contributed by atoms with Crippen molar-refractivity contribution in [2.24, 2.45) is 5.92 Å². The lowest BCUT2D eigenvalue weighted by atomic mass is 10.1. The first-order valence-electron chi connectivity index (χ1n) is 8.76. The second-order valence-corrected chi connectivity index (χ2v) is 6.61. The summed E-state index contributed by atoms with van der Waals surface area (Å²) >= 11 is 0. The molecule has 1 amide bonds. The molecule has 1 aliphatic rings. The van der Waals surface area contributed by atoms with Gasteiger partial charge in [-0.15, -0.1) is 0 Å². The molecular weight excluding hydrogens is 316 g/mol. The van der Waals surface area contributed by atoms with Gasteiger partial charge in [0.1, 0.15) is 5.82 Å². The first kappa shape index (κ1) is 17.6. The predicted octanol–water partition coefficient (Wildman–Crippen LogP) is 2.48. The van der Waals surface area contributed by atoms with Crippen LogP contribution in [0.15, 0.2) is 36.7 Å². The smallest absolute Gasteiger partial charge is 0.221 e. The van der Waals surface area contributed by atoms with Crippen LogP contribution in [0.3, 0.4) is 0 Å². The van der Waals surface area contributed by atoms with Crippen molar-refractivity contribution in [2.45, 2.75) is 19.9 Å². The van der Waals surface area contributed by atoms with Gasteiger partial charge in [-0.2, -0.15) is 0 Å². The highest BCUT2D eigenvalue weighted by Crippen LogP contribution is 2.24. The van der Waals surface area contributed by atoms with Crippen LogP contribution < -0.4 is 5.32 Å². The van der Waals surface area contributed by atoms with E-state index in [1.165, 1.54) is 13.3 Å². The fraction of sp³-hybridized carbons (Fsp3) is 0.474. The molecule has 2 heterocycles. The monoisotopic (exact) mass is 342 g/mol. The highest BCUT2D eigenvalue weighted by atomic mass is 16.5. The first-order valence-corrected chi connectivity index (χ1v) is 8.76. The molecule has 6 heteroatoms. The third kappa shape index (κ3) is 4.67. The minimum Gasteiger partial charge on any atom is -0.383 e. The largest absolute Gasteiger partial charge is 0.383 e. The Kier molecular flexibility index (Phi) is 5.83. The molecule has 1 atom stereocenters. The number of carbonyl (C=O) groups is 1. The fourth-order valence-electron chi connectivity index (χ4n) is 3.39. The summed E-state index contributed by atoms with van der Waals surface area (Å²) in [6.07, 6.45) is 5.12. The van der Waals surface area contributed by atoms with Gasteiger partial charge < -0.3 is 19.5 Å². The van der Waals surface area contributed by atoms with Crippen molar-refractivity contribution in [3.63, 3.8) is 0 Å². The minimum atomic E-state index is -0.0616. The molecule has 0 saturated carbocycles. The number of rotatable bonds is 7. The van der Waals surface area contributed by atoms with Gasteiger partial charge in [0.25, 0.3) is 0 Å². The van der Waals surface area contributed by atoms with Crippen LogP contribution in [0, 0.1) is 5.92 Å². The number of hydrogen-bond acceptors (Lipinski definition) is 4. The maximum atomic E-state index is 11.1. The van der Waals surface area contributed by atoms with Gasteiger partial charge in [-0.05, 0) is 43.1 Å². The number of benzene rings is 1. The van der Waals surface area contributed by atoms with E-state index in [-0.39, 0.29) is 5.91 Å². The van der Waals surface area contributed by atoms with Crippen molar-refractivity contribution >= 4 is 11.6 Å². The molecule has 2 aromatic rings. The second kappa shape index (κ2) is 8.27. The molecule has 0 spiro atoms. The number of nitrogens with zero attached hydrogens (tertiary/aromatic N) is 3. The van der Waals surface area contributed by atoms with E-state index in [2.05, 4.69) is 26.0 Å². The molecule has 25 heavy (non-hydrogen) atoms. The van der Waals surface area contributed by atoms with Crippen molar-refractivity contribution in [3.8, 4) is 11.4 Å². The van der Waals surface area contributed by atoms with Gasteiger partial charge in [-0.1, -0.05) is 0 Å². The van der Waals surface area contributed by atoms with Crippen molar-refractivity contribution in [2.75, 3.05) is 38.7 Å². The third-order valence-electron chi connectivity index (χ3n) is 4.62. The van der Waals surface area contributed by atoms with Crippen LogP contribution in [0.25, 0.3) is 11.4 Å². The van der Waals surface area contributed by atoms with Crippen LogP contribution in [0.2, 0.25) is 0 Å². The number of ether oxygens (including phenoxy) is 1. The summed E-state index contributed by atoms with van der Waals surface area (Å²) in [5.41, 5.74) is 1.87. The Morgan fingerprint density at radius 1 is 1.36 bits per heavy atom. The molecule has 1 fully saturated rings. The molecule has 0 radical (unpaired) electrons. The predicted molar refractivity (Wildman–Crippen MR) is 98.4 cm³/mol. The van der Waals surface area contributed by atoms with E-state index in [4.69, 9.17) is 4.74 Å². The fourth-order valence-corrected chi connectivity index (χ4v) is 3.39. The first-order chi connectivity index (χ1) is 12.2. The Bertz CT molecular complexity index is 696. The van der Waals surface area contributed by atoms with Crippen molar-refractivity contribution < 1.29 is 9.53 Å². The van der Waals surface area contributed by atoms with E-state index in [1.807, 2.05) is 30.5 Å². The molecule has 1 saturated heterocycles. The SMILES string of the molecule is COCCN1CC[C@@H](Cn2ccnc2-c2ccc(NC(C)=O)cc2)C1. The van der Waals surface area contributed by atoms with Crippen LogP contribution in [-0.4, -0.2) is 53.7 Å². The quantitative estimate of drug-likeness (QED) is 0.840. The summed E-state index contributed by atoms with van der Waals surface area (Å²) < 4.78 is 7.41. The van der Waals surface area contributed by atoms with E-state index in [9.17, 15) is 4.79 Å². The van der Waals surface area contributed by atoms with Crippen molar-refractivity contribution in [1.29, 1.82) is 0 Å². The summed E-state index contributed by atoms with van der Waals surface area (Å²) in [6, 6.07) is 7.84. The van der Waals surface area contributed by atoms with Crippen molar-refractivity contribution in [3.05, 3.63) is 36.7 Å². The van der Waals surface area contributed by atoms with Gasteiger partial charge in [0.05, 0.1) is 6.61 Å². The molecule has 6 nitrogen and oxygen atoms in total. The van der Waals surface area contributed by atoms with E-state index in [0.717, 1.165) is 49.9 Å². The summed E-state index contributed by atoms with van der Waals surface area (Å²) in [5.74, 6) is 1.56. The maximum Gasteiger partial charge on any atom is 0.221 e.